The summed E-state index contributed by atoms with van der Waals surface area (Å²) in [7, 11) is 3.90. The maximum absolute atomic E-state index is 10.3. The first-order valence-corrected chi connectivity index (χ1v) is 8.66. The van der Waals surface area contributed by atoms with Crippen molar-refractivity contribution >= 4 is 0 Å². The lowest BCUT2D eigenvalue weighted by Crippen LogP contribution is -2.23. The number of aromatic nitrogens is 2. The van der Waals surface area contributed by atoms with Crippen LogP contribution in [-0.2, 0) is 19.6 Å². The molecule has 1 aliphatic rings. The van der Waals surface area contributed by atoms with Crippen molar-refractivity contribution in [1.82, 2.24) is 19.6 Å². The molecule has 1 aromatic heterocycles. The lowest BCUT2D eigenvalue weighted by atomic mass is 10.1. The topological polar surface area (TPSA) is 68.3 Å². The van der Waals surface area contributed by atoms with E-state index < -0.39 is 6.10 Å². The maximum atomic E-state index is 10.3. The van der Waals surface area contributed by atoms with E-state index in [-0.39, 0.29) is 0 Å². The third kappa shape index (κ3) is 4.45. The lowest BCUT2D eigenvalue weighted by molar-refractivity contribution is 0.133. The number of fused-ring (bicyclic) bond motifs is 1. The van der Waals surface area contributed by atoms with Crippen molar-refractivity contribution in [2.24, 2.45) is 0 Å². The van der Waals surface area contributed by atoms with Crippen LogP contribution in [0, 0.1) is 11.3 Å². The number of likely N-dealkylation sites (N-methyl/N-ethyl adjacent to an activating group) is 1. The summed E-state index contributed by atoms with van der Waals surface area (Å²) in [4.78, 5) is 4.36. The first-order valence-electron chi connectivity index (χ1n) is 8.66. The van der Waals surface area contributed by atoms with E-state index in [0.717, 1.165) is 44.0 Å². The van der Waals surface area contributed by atoms with Crippen LogP contribution in [-0.4, -0.2) is 51.9 Å². The molecule has 1 N–H and O–H groups in total. The van der Waals surface area contributed by atoms with Crippen LogP contribution in [0.3, 0.4) is 0 Å². The minimum atomic E-state index is -0.554. The van der Waals surface area contributed by atoms with Gasteiger partial charge in [-0.25, -0.2) is 0 Å². The minimum Gasteiger partial charge on any atom is -0.385 e. The molecule has 3 rings (SSSR count). The van der Waals surface area contributed by atoms with Gasteiger partial charge in [0.25, 0.3) is 0 Å². The molecule has 0 saturated heterocycles. The van der Waals surface area contributed by atoms with Gasteiger partial charge in [-0.15, -0.1) is 0 Å². The number of rotatable bonds is 5. The van der Waals surface area contributed by atoms with Crippen LogP contribution < -0.4 is 0 Å². The molecule has 25 heavy (non-hydrogen) atoms. The molecule has 6 heteroatoms. The van der Waals surface area contributed by atoms with E-state index in [4.69, 9.17) is 5.26 Å². The molecule has 0 spiro atoms. The van der Waals surface area contributed by atoms with Gasteiger partial charge in [0.1, 0.15) is 6.10 Å². The Bertz CT molecular complexity index is 744. The predicted octanol–water partition coefficient (Wildman–Crippen LogP) is 1.76. The highest BCUT2D eigenvalue weighted by molar-refractivity contribution is 5.31. The Hall–Kier alpha value is -2.20. The molecular formula is C19H25N5O. The van der Waals surface area contributed by atoms with Crippen LogP contribution in [0.5, 0.6) is 0 Å². The summed E-state index contributed by atoms with van der Waals surface area (Å²) < 4.78 is 2.03. The summed E-state index contributed by atoms with van der Waals surface area (Å²) >= 11 is 0. The molecule has 6 nitrogen and oxygen atoms in total. The predicted molar refractivity (Wildman–Crippen MR) is 95.6 cm³/mol. The van der Waals surface area contributed by atoms with Crippen LogP contribution in [0.4, 0.5) is 0 Å². The summed E-state index contributed by atoms with van der Waals surface area (Å²) in [6, 6.07) is 12.0. The molecule has 0 amide bonds. The molecule has 132 valence electrons. The van der Waals surface area contributed by atoms with Gasteiger partial charge >= 0.3 is 0 Å². The van der Waals surface area contributed by atoms with Crippen molar-refractivity contribution in [2.75, 3.05) is 27.2 Å². The first-order chi connectivity index (χ1) is 12.0. The molecule has 1 atom stereocenters. The number of aliphatic hydroxyl groups is 1. The fourth-order valence-electron chi connectivity index (χ4n) is 3.23. The Morgan fingerprint density at radius 3 is 2.72 bits per heavy atom. The quantitative estimate of drug-likeness (QED) is 0.899. The monoisotopic (exact) mass is 339 g/mol. The molecule has 0 unspecified atom stereocenters. The van der Waals surface area contributed by atoms with Crippen LogP contribution in [0.15, 0.2) is 30.3 Å². The number of aryl methyl sites for hydroxylation is 1. The number of hydrogen-bond donors (Lipinski definition) is 1. The molecule has 2 heterocycles. The average molecular weight is 339 g/mol. The highest BCUT2D eigenvalue weighted by atomic mass is 16.3. The second kappa shape index (κ2) is 7.79. The summed E-state index contributed by atoms with van der Waals surface area (Å²) in [5.41, 5.74) is 3.81. The van der Waals surface area contributed by atoms with Gasteiger partial charge in [0, 0.05) is 32.7 Å². The Balaban J connectivity index is 1.69. The molecule has 1 aliphatic heterocycles. The van der Waals surface area contributed by atoms with Crippen LogP contribution in [0.2, 0.25) is 0 Å². The van der Waals surface area contributed by atoms with E-state index in [9.17, 15) is 5.11 Å². The number of nitriles is 1. The Kier molecular flexibility index (Phi) is 5.49. The number of aliphatic hydroxyl groups excluding tert-OH is 1. The van der Waals surface area contributed by atoms with Crippen molar-refractivity contribution in [3.8, 4) is 6.07 Å². The zero-order valence-electron chi connectivity index (χ0n) is 14.9. The van der Waals surface area contributed by atoms with E-state index in [1.54, 1.807) is 0 Å². The molecule has 1 aromatic carbocycles. The summed E-state index contributed by atoms with van der Waals surface area (Å²) in [5, 5.41) is 23.8. The smallest absolute Gasteiger partial charge is 0.110 e. The molecule has 0 radical (unpaired) electrons. The normalized spacial score (nSPS) is 16.3. The summed E-state index contributed by atoms with van der Waals surface area (Å²) in [6.45, 7) is 4.15. The van der Waals surface area contributed by atoms with Gasteiger partial charge in [0.2, 0.25) is 0 Å². The van der Waals surface area contributed by atoms with Gasteiger partial charge in [0.15, 0.2) is 0 Å². The van der Waals surface area contributed by atoms with Crippen molar-refractivity contribution in [3.05, 3.63) is 52.8 Å². The Labute approximate surface area is 148 Å². The highest BCUT2D eigenvalue weighted by Gasteiger charge is 2.20. The van der Waals surface area contributed by atoms with Crippen molar-refractivity contribution < 1.29 is 5.11 Å². The third-order valence-electron chi connectivity index (χ3n) is 4.48. The minimum absolute atomic E-state index is 0.554. The van der Waals surface area contributed by atoms with E-state index in [0.29, 0.717) is 12.1 Å². The van der Waals surface area contributed by atoms with Crippen LogP contribution in [0.25, 0.3) is 0 Å². The number of hydrogen-bond acceptors (Lipinski definition) is 5. The van der Waals surface area contributed by atoms with Gasteiger partial charge in [-0.2, -0.15) is 10.4 Å². The second-order valence-electron chi connectivity index (χ2n) is 6.93. The lowest BCUT2D eigenvalue weighted by Gasteiger charge is -2.19. The zero-order valence-corrected chi connectivity index (χ0v) is 14.9. The van der Waals surface area contributed by atoms with Gasteiger partial charge in [-0.05, 0) is 44.3 Å². The van der Waals surface area contributed by atoms with Crippen LogP contribution >= 0.6 is 0 Å². The zero-order chi connectivity index (χ0) is 17.8. The summed E-state index contributed by atoms with van der Waals surface area (Å²) in [6.07, 6.45) is 0.482. The molecule has 0 aliphatic carbocycles. The molecule has 0 bridgehead atoms. The molecular weight excluding hydrogens is 314 g/mol. The highest BCUT2D eigenvalue weighted by Crippen LogP contribution is 2.20. The largest absolute Gasteiger partial charge is 0.385 e. The van der Waals surface area contributed by atoms with E-state index in [2.05, 4.69) is 16.1 Å². The third-order valence-corrected chi connectivity index (χ3v) is 4.48. The van der Waals surface area contributed by atoms with Crippen molar-refractivity contribution in [3.63, 3.8) is 0 Å². The number of nitrogens with zero attached hydrogens (tertiary/aromatic N) is 5. The fourth-order valence-corrected chi connectivity index (χ4v) is 3.23. The van der Waals surface area contributed by atoms with Gasteiger partial charge in [0.05, 0.1) is 23.0 Å². The second-order valence-corrected chi connectivity index (χ2v) is 6.93. The molecule has 2 aromatic rings. The van der Waals surface area contributed by atoms with E-state index in [1.165, 1.54) is 5.56 Å². The molecule has 0 fully saturated rings. The Morgan fingerprint density at radius 2 is 2.04 bits per heavy atom. The fraction of sp³-hybridized carbons (Fsp3) is 0.474. The molecule has 0 saturated carbocycles. The SMILES string of the molecule is CN(C)C[C@@H](O)c1cc2n(n1)CCCN(Cc1ccc(C#N)cc1)C2. The Morgan fingerprint density at radius 1 is 1.28 bits per heavy atom. The maximum Gasteiger partial charge on any atom is 0.110 e. The van der Waals surface area contributed by atoms with Gasteiger partial charge in [-0.3, -0.25) is 9.58 Å². The van der Waals surface area contributed by atoms with Crippen molar-refractivity contribution in [2.45, 2.75) is 32.2 Å². The van der Waals surface area contributed by atoms with Crippen LogP contribution in [0.1, 0.15) is 35.0 Å². The average Bonchev–Trinajstić information content (AvgIpc) is 2.89. The summed E-state index contributed by atoms with van der Waals surface area (Å²) in [5.74, 6) is 0. The van der Waals surface area contributed by atoms with Gasteiger partial charge < -0.3 is 10.0 Å². The standard InChI is InChI=1S/C19H25N5O/c1-22(2)14-19(25)18-10-17-13-23(8-3-9-24(17)21-18)12-16-6-4-15(11-20)5-7-16/h4-7,10,19,25H,3,8-9,12-14H2,1-2H3/t19-/m1/s1. The van der Waals surface area contributed by atoms with E-state index >= 15 is 0 Å². The van der Waals surface area contributed by atoms with Crippen molar-refractivity contribution in [1.29, 1.82) is 5.26 Å². The first kappa shape index (κ1) is 17.6. The number of benzene rings is 1. The van der Waals surface area contributed by atoms with E-state index in [1.807, 2.05) is 54.0 Å². The van der Waals surface area contributed by atoms with Gasteiger partial charge in [-0.1, -0.05) is 12.1 Å².